The van der Waals surface area contributed by atoms with Gasteiger partial charge in [0.15, 0.2) is 0 Å². The van der Waals surface area contributed by atoms with E-state index >= 15 is 9.59 Å². The number of allylic oxidation sites excluding steroid dienone is 3. The number of benzene rings is 4. The fraction of sp³-hybridized carbons (Fsp3) is 0.333. The Morgan fingerprint density at radius 1 is 0.900 bits per heavy atom. The number of imide groups is 2. The number of fused-ring (bicyclic) bond motifs is 4. The summed E-state index contributed by atoms with van der Waals surface area (Å²) in [5.74, 6) is -4.69. The maximum absolute atomic E-state index is 15.6. The van der Waals surface area contributed by atoms with Crippen LogP contribution in [0, 0.1) is 23.7 Å². The van der Waals surface area contributed by atoms with Crippen molar-refractivity contribution >= 4 is 52.5 Å². The number of nitrogens with one attached hydrogen (secondary N) is 1. The second-order valence-corrected chi connectivity index (χ2v) is 17.4. The monoisotopic (exact) mass is 844 g/mol. The predicted molar refractivity (Wildman–Crippen MR) is 229 cm³/mol. The SMILES string of the molecule is C=CCc1cccc(C2C3=CCC4C(=O)N(C5CCN(Cc6ccccc6)CC5)C(=O)C4C3CC3C(=O)N(Nc4ccc(Cl)cc4Cl)C(=O)C32c2ccc(OC)cc2)c1O. The third-order valence-corrected chi connectivity index (χ3v) is 14.2. The summed E-state index contributed by atoms with van der Waals surface area (Å²) < 4.78 is 5.52. The lowest BCUT2D eigenvalue weighted by atomic mass is 9.49. The van der Waals surface area contributed by atoms with Crippen molar-refractivity contribution in [1.82, 2.24) is 14.8 Å². The predicted octanol–water partition coefficient (Wildman–Crippen LogP) is 8.09. The number of anilines is 1. The van der Waals surface area contributed by atoms with Gasteiger partial charge in [-0.2, -0.15) is 5.01 Å². The molecule has 4 aromatic rings. The van der Waals surface area contributed by atoms with Crippen molar-refractivity contribution in [3.05, 3.63) is 148 Å². The molecule has 6 unspecified atom stereocenters. The summed E-state index contributed by atoms with van der Waals surface area (Å²) in [4.78, 5) is 64.1. The normalized spacial score (nSPS) is 26.7. The lowest BCUT2D eigenvalue weighted by molar-refractivity contribution is -0.144. The van der Waals surface area contributed by atoms with E-state index in [1.807, 2.05) is 36.4 Å². The zero-order chi connectivity index (χ0) is 41.9. The molecule has 0 spiro atoms. The van der Waals surface area contributed by atoms with Gasteiger partial charge in [-0.1, -0.05) is 102 Å². The molecule has 12 heteroatoms. The summed E-state index contributed by atoms with van der Waals surface area (Å²) >= 11 is 12.8. The molecule has 60 heavy (non-hydrogen) atoms. The zero-order valence-corrected chi connectivity index (χ0v) is 34.7. The summed E-state index contributed by atoms with van der Waals surface area (Å²) in [7, 11) is 1.56. The van der Waals surface area contributed by atoms with Crippen molar-refractivity contribution in [2.45, 2.75) is 56.0 Å². The molecule has 2 N–H and O–H groups in total. The molecule has 4 fully saturated rings. The molecule has 0 bridgehead atoms. The lowest BCUT2D eigenvalue weighted by Crippen LogP contribution is -2.53. The first-order chi connectivity index (χ1) is 29.1. The third kappa shape index (κ3) is 6.42. The molecule has 0 aromatic heterocycles. The summed E-state index contributed by atoms with van der Waals surface area (Å²) in [6.07, 6.45) is 5.84. The highest BCUT2D eigenvalue weighted by atomic mass is 35.5. The van der Waals surface area contributed by atoms with Crippen molar-refractivity contribution in [2.75, 3.05) is 25.6 Å². The van der Waals surface area contributed by atoms with Gasteiger partial charge in [0.05, 0.1) is 41.0 Å². The van der Waals surface area contributed by atoms with Crippen LogP contribution in [0.15, 0.2) is 115 Å². The van der Waals surface area contributed by atoms with E-state index in [2.05, 4.69) is 29.0 Å². The number of hydrogen-bond donors (Lipinski definition) is 2. The third-order valence-electron chi connectivity index (χ3n) is 13.6. The van der Waals surface area contributed by atoms with Gasteiger partial charge < -0.3 is 9.84 Å². The van der Waals surface area contributed by atoms with Gasteiger partial charge >= 0.3 is 0 Å². The number of halogens is 2. The van der Waals surface area contributed by atoms with Gasteiger partial charge in [-0.3, -0.25) is 34.4 Å². The van der Waals surface area contributed by atoms with Crippen LogP contribution in [0.5, 0.6) is 11.5 Å². The number of nitrogens with zero attached hydrogens (tertiary/aromatic N) is 3. The maximum atomic E-state index is 15.6. The van der Waals surface area contributed by atoms with Crippen LogP contribution in [0.2, 0.25) is 10.0 Å². The molecule has 3 heterocycles. The summed E-state index contributed by atoms with van der Waals surface area (Å²) in [6, 6.07) is 27.3. The molecule has 2 aliphatic carbocycles. The molecular formula is C48H46Cl2N4O6. The average Bonchev–Trinajstić information content (AvgIpc) is 3.64. The number of aromatic hydroxyl groups is 1. The Hall–Kier alpha value is -5.42. The quantitative estimate of drug-likeness (QED) is 0.122. The van der Waals surface area contributed by atoms with Gasteiger partial charge in [0.1, 0.15) is 11.5 Å². The van der Waals surface area contributed by atoms with Crippen LogP contribution in [0.1, 0.15) is 53.9 Å². The van der Waals surface area contributed by atoms with Crippen LogP contribution in [0.4, 0.5) is 5.69 Å². The van der Waals surface area contributed by atoms with Crippen molar-refractivity contribution in [3.8, 4) is 11.5 Å². The number of para-hydroxylation sites is 1. The highest BCUT2D eigenvalue weighted by Crippen LogP contribution is 2.65. The average molecular weight is 846 g/mol. The fourth-order valence-corrected chi connectivity index (χ4v) is 11.4. The molecule has 1 saturated carbocycles. The topological polar surface area (TPSA) is 119 Å². The van der Waals surface area contributed by atoms with Gasteiger partial charge in [-0.25, -0.2) is 0 Å². The lowest BCUT2D eigenvalue weighted by Gasteiger charge is -2.50. The van der Waals surface area contributed by atoms with Gasteiger partial charge in [-0.15, -0.1) is 6.58 Å². The number of carbonyl (C=O) groups is 4. The van der Waals surface area contributed by atoms with Gasteiger partial charge in [-0.05, 0) is 85.0 Å². The number of likely N-dealkylation sites (tertiary alicyclic amines) is 2. The number of hydrogen-bond acceptors (Lipinski definition) is 8. The number of methoxy groups -OCH3 is 1. The number of phenolic OH excluding ortho intramolecular Hbond substituents is 1. The Morgan fingerprint density at radius 3 is 2.35 bits per heavy atom. The van der Waals surface area contributed by atoms with Crippen LogP contribution in [0.3, 0.4) is 0 Å². The summed E-state index contributed by atoms with van der Waals surface area (Å²) in [6.45, 7) is 6.21. The Bertz CT molecular complexity index is 2410. The van der Waals surface area contributed by atoms with Crippen molar-refractivity contribution in [3.63, 3.8) is 0 Å². The molecular weight excluding hydrogens is 799 g/mol. The summed E-state index contributed by atoms with van der Waals surface area (Å²) in [5, 5.41) is 13.8. The maximum Gasteiger partial charge on any atom is 0.260 e. The summed E-state index contributed by atoms with van der Waals surface area (Å²) in [5.41, 5.74) is 5.34. The molecule has 10 nitrogen and oxygen atoms in total. The van der Waals surface area contributed by atoms with E-state index in [9.17, 15) is 14.7 Å². The van der Waals surface area contributed by atoms with E-state index < -0.39 is 46.8 Å². The highest BCUT2D eigenvalue weighted by molar-refractivity contribution is 6.36. The molecule has 308 valence electrons. The number of hydrazine groups is 1. The molecule has 3 aliphatic heterocycles. The first kappa shape index (κ1) is 40.0. The van der Waals surface area contributed by atoms with E-state index in [1.165, 1.54) is 16.5 Å². The first-order valence-electron chi connectivity index (χ1n) is 20.6. The van der Waals surface area contributed by atoms with Crippen LogP contribution < -0.4 is 10.2 Å². The van der Waals surface area contributed by atoms with Crippen molar-refractivity contribution in [2.24, 2.45) is 23.7 Å². The van der Waals surface area contributed by atoms with Gasteiger partial charge in [0.2, 0.25) is 11.8 Å². The van der Waals surface area contributed by atoms with Crippen LogP contribution in [0.25, 0.3) is 0 Å². The van der Waals surface area contributed by atoms with E-state index in [1.54, 1.807) is 55.7 Å². The van der Waals surface area contributed by atoms with E-state index in [0.717, 1.165) is 30.2 Å². The molecule has 4 aromatic carbocycles. The Kier molecular flexibility index (Phi) is 10.6. The molecule has 4 amide bonds. The molecule has 3 saturated heterocycles. The fourth-order valence-electron chi connectivity index (χ4n) is 10.9. The minimum Gasteiger partial charge on any atom is -0.507 e. The smallest absolute Gasteiger partial charge is 0.260 e. The number of carbonyl (C=O) groups excluding carboxylic acids is 4. The van der Waals surface area contributed by atoms with E-state index in [0.29, 0.717) is 58.8 Å². The first-order valence-corrected chi connectivity index (χ1v) is 21.3. The van der Waals surface area contributed by atoms with Crippen molar-refractivity contribution < 1.29 is 29.0 Å². The van der Waals surface area contributed by atoms with Gasteiger partial charge in [0, 0.05) is 42.2 Å². The number of phenols is 1. The Morgan fingerprint density at radius 2 is 1.65 bits per heavy atom. The largest absolute Gasteiger partial charge is 0.507 e. The second kappa shape index (κ2) is 15.9. The van der Waals surface area contributed by atoms with E-state index in [-0.39, 0.29) is 35.0 Å². The van der Waals surface area contributed by atoms with Crippen LogP contribution >= 0.6 is 23.2 Å². The minimum absolute atomic E-state index is 0.0113. The molecule has 9 rings (SSSR count). The number of amides is 4. The number of piperidine rings is 1. The molecule has 5 aliphatic rings. The molecule has 6 atom stereocenters. The van der Waals surface area contributed by atoms with Crippen molar-refractivity contribution in [1.29, 1.82) is 0 Å². The zero-order valence-electron chi connectivity index (χ0n) is 33.2. The van der Waals surface area contributed by atoms with Crippen LogP contribution in [-0.4, -0.2) is 69.8 Å². The standard InChI is InChI=1S/C48H46Cl2N4O6/c1-3-8-29-11-7-12-36(43(29)55)42-34-18-19-35-41(46(58)53(44(35)56)32-21-23-52(24-22-32)27-28-9-5-4-6-10-28)37(34)26-38-45(57)54(51-40-20-15-31(49)25-39(40)50)47(59)48(38,42)30-13-16-33(60-2)17-14-30/h3-7,9-18,20,25,32,35,37-38,41-42,51,55H,1,8,19,21-24,26-27H2,2H3. The number of rotatable bonds is 10. The second-order valence-electron chi connectivity index (χ2n) is 16.6. The Balaban J connectivity index is 1.14. The Labute approximate surface area is 359 Å². The number of ether oxygens (including phenoxy) is 1. The van der Waals surface area contributed by atoms with E-state index in [4.69, 9.17) is 27.9 Å². The molecule has 0 radical (unpaired) electrons. The highest BCUT2D eigenvalue weighted by Gasteiger charge is 2.71. The minimum atomic E-state index is -1.59. The van der Waals surface area contributed by atoms with Gasteiger partial charge in [0.25, 0.3) is 11.8 Å². The van der Waals surface area contributed by atoms with Crippen LogP contribution in [-0.2, 0) is 37.6 Å².